The number of ether oxygens (including phenoxy) is 3. The molecule has 3 heterocycles. The van der Waals surface area contributed by atoms with Gasteiger partial charge in [-0.15, -0.1) is 0 Å². The van der Waals surface area contributed by atoms with Crippen LogP contribution < -0.4 is 0 Å². The van der Waals surface area contributed by atoms with E-state index in [0.29, 0.717) is 0 Å². The minimum atomic E-state index is -0.742. The maximum atomic E-state index is 5.70. The quantitative estimate of drug-likeness (QED) is 0.675. The summed E-state index contributed by atoms with van der Waals surface area (Å²) >= 11 is 0. The second-order valence-corrected chi connectivity index (χ2v) is 5.16. The van der Waals surface area contributed by atoms with Crippen LogP contribution in [-0.2, 0) is 14.2 Å². The van der Waals surface area contributed by atoms with E-state index < -0.39 is 5.97 Å². The fourth-order valence-corrected chi connectivity index (χ4v) is 1.98. The summed E-state index contributed by atoms with van der Waals surface area (Å²) in [6, 6.07) is 0. The predicted molar refractivity (Wildman–Crippen MR) is 62.0 cm³/mol. The van der Waals surface area contributed by atoms with Crippen molar-refractivity contribution in [1.29, 1.82) is 0 Å². The molecule has 3 fully saturated rings. The van der Waals surface area contributed by atoms with Gasteiger partial charge in [-0.1, -0.05) is 32.4 Å². The van der Waals surface area contributed by atoms with Crippen molar-refractivity contribution in [3.63, 3.8) is 0 Å². The standard InChI is InChI=1S/C13H22O3/c1-3-4-5-6-7-8-13-14-9-12(2,10-15-13)11-16-13/h5-6H,3-4,7-11H2,1-2H3/b6-5-. The monoisotopic (exact) mass is 226 g/mol. The Morgan fingerprint density at radius 2 is 1.56 bits per heavy atom. The molecule has 3 heteroatoms. The molecule has 0 amide bonds. The molecule has 0 atom stereocenters. The van der Waals surface area contributed by atoms with E-state index in [1.54, 1.807) is 0 Å². The van der Waals surface area contributed by atoms with E-state index in [1.807, 2.05) is 0 Å². The molecule has 0 spiro atoms. The van der Waals surface area contributed by atoms with Gasteiger partial charge in [-0.3, -0.25) is 0 Å². The zero-order valence-corrected chi connectivity index (χ0v) is 10.3. The Morgan fingerprint density at radius 1 is 1.00 bits per heavy atom. The maximum absolute atomic E-state index is 5.70. The molecule has 0 radical (unpaired) electrons. The summed E-state index contributed by atoms with van der Waals surface area (Å²) in [5.41, 5.74) is 0.0692. The van der Waals surface area contributed by atoms with Gasteiger partial charge in [0.2, 0.25) is 0 Å². The van der Waals surface area contributed by atoms with Crippen LogP contribution in [0.3, 0.4) is 0 Å². The molecule has 2 bridgehead atoms. The normalized spacial score (nSPS) is 38.4. The lowest BCUT2D eigenvalue weighted by molar-refractivity contribution is -0.467. The van der Waals surface area contributed by atoms with Gasteiger partial charge in [-0.2, -0.15) is 0 Å². The third-order valence-electron chi connectivity index (χ3n) is 3.16. The van der Waals surface area contributed by atoms with E-state index in [9.17, 15) is 0 Å². The molecule has 0 N–H and O–H groups in total. The van der Waals surface area contributed by atoms with Crippen molar-refractivity contribution in [2.75, 3.05) is 19.8 Å². The van der Waals surface area contributed by atoms with E-state index in [2.05, 4.69) is 26.0 Å². The Labute approximate surface area is 97.8 Å². The van der Waals surface area contributed by atoms with E-state index in [0.717, 1.165) is 39.1 Å². The average molecular weight is 226 g/mol. The van der Waals surface area contributed by atoms with E-state index >= 15 is 0 Å². The topological polar surface area (TPSA) is 27.7 Å². The first-order valence-corrected chi connectivity index (χ1v) is 6.25. The highest BCUT2D eigenvalue weighted by Crippen LogP contribution is 2.40. The van der Waals surface area contributed by atoms with Gasteiger partial charge in [0, 0.05) is 11.8 Å². The molecule has 92 valence electrons. The third-order valence-corrected chi connectivity index (χ3v) is 3.16. The molecule has 0 aliphatic carbocycles. The zero-order chi connectivity index (χ0) is 11.5. The number of unbranched alkanes of at least 4 members (excludes halogenated alkanes) is 1. The number of allylic oxidation sites excluding steroid dienone is 2. The van der Waals surface area contributed by atoms with Crippen molar-refractivity contribution in [2.24, 2.45) is 5.41 Å². The van der Waals surface area contributed by atoms with Crippen molar-refractivity contribution >= 4 is 0 Å². The molecule has 0 aromatic heterocycles. The minimum absolute atomic E-state index is 0.0692. The number of fused-ring (bicyclic) bond motifs is 3. The van der Waals surface area contributed by atoms with Gasteiger partial charge in [0.15, 0.2) is 0 Å². The molecular weight excluding hydrogens is 204 g/mol. The lowest BCUT2D eigenvalue weighted by Gasteiger charge is -2.50. The van der Waals surface area contributed by atoms with E-state index in [-0.39, 0.29) is 5.41 Å². The van der Waals surface area contributed by atoms with E-state index in [1.165, 1.54) is 6.42 Å². The van der Waals surface area contributed by atoms with Gasteiger partial charge in [0.1, 0.15) is 0 Å². The van der Waals surface area contributed by atoms with Crippen molar-refractivity contribution in [2.45, 2.75) is 45.5 Å². The zero-order valence-electron chi connectivity index (χ0n) is 10.3. The van der Waals surface area contributed by atoms with Gasteiger partial charge in [-0.25, -0.2) is 0 Å². The highest BCUT2D eigenvalue weighted by Gasteiger charge is 2.49. The van der Waals surface area contributed by atoms with Crippen LogP contribution >= 0.6 is 0 Å². The van der Waals surface area contributed by atoms with Crippen LogP contribution in [0.2, 0.25) is 0 Å². The Bertz CT molecular complexity index is 235. The fraction of sp³-hybridized carbons (Fsp3) is 0.846. The highest BCUT2D eigenvalue weighted by molar-refractivity contribution is 4.87. The summed E-state index contributed by atoms with van der Waals surface area (Å²) in [5.74, 6) is -0.742. The number of hydrogen-bond acceptors (Lipinski definition) is 3. The summed E-state index contributed by atoms with van der Waals surface area (Å²) in [5, 5.41) is 0. The van der Waals surface area contributed by atoms with Crippen LogP contribution in [0.5, 0.6) is 0 Å². The molecule has 0 aromatic carbocycles. The lowest BCUT2D eigenvalue weighted by atomic mass is 9.91. The summed E-state index contributed by atoms with van der Waals surface area (Å²) < 4.78 is 17.1. The highest BCUT2D eigenvalue weighted by atomic mass is 16.9. The second kappa shape index (κ2) is 4.86. The van der Waals surface area contributed by atoms with Gasteiger partial charge in [0.25, 0.3) is 5.97 Å². The number of rotatable bonds is 5. The first kappa shape index (κ1) is 12.1. The summed E-state index contributed by atoms with van der Waals surface area (Å²) in [4.78, 5) is 0. The first-order chi connectivity index (χ1) is 7.68. The average Bonchev–Trinajstić information content (AvgIpc) is 2.31. The summed E-state index contributed by atoms with van der Waals surface area (Å²) in [7, 11) is 0. The molecule has 0 aromatic rings. The maximum Gasteiger partial charge on any atom is 0.283 e. The molecule has 3 nitrogen and oxygen atoms in total. The van der Waals surface area contributed by atoms with E-state index in [4.69, 9.17) is 14.2 Å². The Kier molecular flexibility index (Phi) is 3.67. The SMILES string of the molecule is CCC/C=C\CCC12OCC(C)(CO1)CO2. The molecule has 0 saturated carbocycles. The molecule has 3 rings (SSSR count). The molecule has 16 heavy (non-hydrogen) atoms. The van der Waals surface area contributed by atoms with Crippen LogP contribution in [0.25, 0.3) is 0 Å². The Balaban J connectivity index is 1.77. The van der Waals surface area contributed by atoms with Crippen molar-refractivity contribution in [3.8, 4) is 0 Å². The Morgan fingerprint density at radius 3 is 2.12 bits per heavy atom. The van der Waals surface area contributed by atoms with Crippen molar-refractivity contribution in [1.82, 2.24) is 0 Å². The largest absolute Gasteiger partial charge is 0.327 e. The molecular formula is C13H22O3. The van der Waals surface area contributed by atoms with Gasteiger partial charge in [-0.05, 0) is 12.8 Å². The Hall–Kier alpha value is -0.380. The van der Waals surface area contributed by atoms with Crippen LogP contribution in [-0.4, -0.2) is 25.8 Å². The molecule has 3 saturated heterocycles. The molecule has 0 unspecified atom stereocenters. The smallest absolute Gasteiger partial charge is 0.283 e. The van der Waals surface area contributed by atoms with Gasteiger partial charge < -0.3 is 14.2 Å². The van der Waals surface area contributed by atoms with Gasteiger partial charge in [0.05, 0.1) is 19.8 Å². The van der Waals surface area contributed by atoms with Gasteiger partial charge >= 0.3 is 0 Å². The first-order valence-electron chi connectivity index (χ1n) is 6.25. The molecule has 3 aliphatic heterocycles. The van der Waals surface area contributed by atoms with Crippen LogP contribution in [0.1, 0.15) is 39.5 Å². The lowest BCUT2D eigenvalue weighted by Crippen LogP contribution is -2.58. The third kappa shape index (κ3) is 2.65. The predicted octanol–water partition coefficient (Wildman–Crippen LogP) is 2.86. The summed E-state index contributed by atoms with van der Waals surface area (Å²) in [6.45, 7) is 6.59. The fourth-order valence-electron chi connectivity index (χ4n) is 1.98. The van der Waals surface area contributed by atoms with Crippen molar-refractivity contribution < 1.29 is 14.2 Å². The van der Waals surface area contributed by atoms with Crippen LogP contribution in [0.15, 0.2) is 12.2 Å². The number of hydrogen-bond donors (Lipinski definition) is 0. The summed E-state index contributed by atoms with van der Waals surface area (Å²) in [6.07, 6.45) is 8.50. The van der Waals surface area contributed by atoms with Crippen LogP contribution in [0, 0.1) is 5.41 Å². The van der Waals surface area contributed by atoms with Crippen LogP contribution in [0.4, 0.5) is 0 Å². The minimum Gasteiger partial charge on any atom is -0.327 e. The second-order valence-electron chi connectivity index (χ2n) is 5.16. The van der Waals surface area contributed by atoms with Crippen molar-refractivity contribution in [3.05, 3.63) is 12.2 Å². The molecule has 3 aliphatic rings.